The summed E-state index contributed by atoms with van der Waals surface area (Å²) in [6.45, 7) is 2.52. The van der Waals surface area contributed by atoms with E-state index in [-0.39, 0.29) is 12.2 Å². The smallest absolute Gasteiger partial charge is 0.211 e. The number of carbonyl (C=O) groups excluding carboxylic acids is 1. The molecule has 0 aromatic heterocycles. The average Bonchev–Trinajstić information content (AvgIpc) is 1.68. The summed E-state index contributed by atoms with van der Waals surface area (Å²) in [5.74, 6) is -0.0949. The molecule has 1 amide bonds. The van der Waals surface area contributed by atoms with Gasteiger partial charge in [0, 0.05) is 6.54 Å². The maximum atomic E-state index is 10.2. The van der Waals surface area contributed by atoms with Crippen molar-refractivity contribution < 1.29 is 4.79 Å². The van der Waals surface area contributed by atoms with E-state index < -0.39 is 0 Å². The predicted molar refractivity (Wildman–Crippen MR) is 29.2 cm³/mol. The van der Waals surface area contributed by atoms with Crippen LogP contribution >= 0.6 is 0 Å². The molecule has 0 saturated carbocycles. The fourth-order valence-electron chi connectivity index (χ4n) is 0.269. The quantitative estimate of drug-likeness (QED) is 0.471. The Morgan fingerprint density at radius 1 is 1.86 bits per heavy atom. The van der Waals surface area contributed by atoms with Gasteiger partial charge < -0.3 is 5.32 Å². The van der Waals surface area contributed by atoms with Crippen LogP contribution in [0.15, 0.2) is 0 Å². The van der Waals surface area contributed by atoms with Gasteiger partial charge in [-0.05, 0) is 13.2 Å². The normalized spacial score (nSPS) is 8.14. The molecule has 0 bridgehead atoms. The zero-order chi connectivity index (χ0) is 5.70. The highest BCUT2D eigenvalue weighted by molar-refractivity contribution is 6.19. The third-order valence-corrected chi connectivity index (χ3v) is 0.559. The van der Waals surface area contributed by atoms with E-state index in [4.69, 9.17) is 7.85 Å². The second-order valence-corrected chi connectivity index (χ2v) is 1.16. The number of rotatable bonds is 2. The lowest BCUT2D eigenvalue weighted by molar-refractivity contribution is -0.118. The minimum atomic E-state index is -0.0949. The van der Waals surface area contributed by atoms with Crippen molar-refractivity contribution >= 4 is 13.8 Å². The topological polar surface area (TPSA) is 29.1 Å². The second-order valence-electron chi connectivity index (χ2n) is 1.16. The van der Waals surface area contributed by atoms with E-state index in [9.17, 15) is 4.79 Å². The summed E-state index contributed by atoms with van der Waals surface area (Å²) in [4.78, 5) is 10.2. The summed E-state index contributed by atoms with van der Waals surface area (Å²) in [6, 6.07) is 0. The lowest BCUT2D eigenvalue weighted by Gasteiger charge is -1.93. The van der Waals surface area contributed by atoms with Crippen molar-refractivity contribution in [3.8, 4) is 0 Å². The van der Waals surface area contributed by atoms with E-state index in [1.165, 1.54) is 0 Å². The molecule has 0 spiro atoms. The molecule has 0 aliphatic rings. The van der Waals surface area contributed by atoms with Gasteiger partial charge in [0.1, 0.15) is 0 Å². The van der Waals surface area contributed by atoms with Crippen molar-refractivity contribution in [1.82, 2.24) is 5.32 Å². The first-order valence-corrected chi connectivity index (χ1v) is 2.28. The SMILES string of the molecule is [B]CC(=O)NCC. The van der Waals surface area contributed by atoms with Crippen LogP contribution in [0.1, 0.15) is 6.92 Å². The minimum Gasteiger partial charge on any atom is -0.357 e. The average molecular weight is 96.9 g/mol. The largest absolute Gasteiger partial charge is 0.357 e. The Morgan fingerprint density at radius 3 is 2.57 bits per heavy atom. The van der Waals surface area contributed by atoms with E-state index in [0.717, 1.165) is 0 Å². The molecule has 0 rings (SSSR count). The molecule has 0 heterocycles. The van der Waals surface area contributed by atoms with E-state index in [1.807, 2.05) is 6.92 Å². The van der Waals surface area contributed by atoms with Gasteiger partial charge in [-0.3, -0.25) is 4.79 Å². The van der Waals surface area contributed by atoms with Crippen molar-refractivity contribution in [3.05, 3.63) is 0 Å². The summed E-state index contributed by atoms with van der Waals surface area (Å²) >= 11 is 0. The van der Waals surface area contributed by atoms with Crippen LogP contribution in [-0.4, -0.2) is 20.3 Å². The number of nitrogens with one attached hydrogen (secondary N) is 1. The van der Waals surface area contributed by atoms with Crippen molar-refractivity contribution in [3.63, 3.8) is 0 Å². The molecule has 0 saturated heterocycles. The molecular formula is C4H8BNO. The van der Waals surface area contributed by atoms with Gasteiger partial charge >= 0.3 is 0 Å². The van der Waals surface area contributed by atoms with Crippen LogP contribution in [0.4, 0.5) is 0 Å². The summed E-state index contributed by atoms with van der Waals surface area (Å²) in [5, 5.41) is 2.53. The van der Waals surface area contributed by atoms with Crippen molar-refractivity contribution in [2.45, 2.75) is 13.2 Å². The third kappa shape index (κ3) is 3.36. The summed E-state index contributed by atoms with van der Waals surface area (Å²) in [6.07, 6.45) is 0.0911. The van der Waals surface area contributed by atoms with E-state index in [0.29, 0.717) is 6.54 Å². The Morgan fingerprint density at radius 2 is 2.43 bits per heavy atom. The van der Waals surface area contributed by atoms with Crippen molar-refractivity contribution in [2.24, 2.45) is 0 Å². The fraction of sp³-hybridized carbons (Fsp3) is 0.750. The van der Waals surface area contributed by atoms with Crippen molar-refractivity contribution in [2.75, 3.05) is 6.54 Å². The zero-order valence-electron chi connectivity index (χ0n) is 4.40. The molecule has 0 unspecified atom stereocenters. The fourth-order valence-corrected chi connectivity index (χ4v) is 0.269. The van der Waals surface area contributed by atoms with E-state index >= 15 is 0 Å². The van der Waals surface area contributed by atoms with Crippen LogP contribution in [0.3, 0.4) is 0 Å². The summed E-state index contributed by atoms with van der Waals surface area (Å²) < 4.78 is 0. The highest BCUT2D eigenvalue weighted by atomic mass is 16.1. The van der Waals surface area contributed by atoms with Crippen LogP contribution in [0.25, 0.3) is 0 Å². The number of hydrogen-bond acceptors (Lipinski definition) is 1. The monoisotopic (exact) mass is 97.1 g/mol. The molecule has 0 fully saturated rings. The number of hydrogen-bond donors (Lipinski definition) is 1. The third-order valence-electron chi connectivity index (χ3n) is 0.559. The molecule has 0 aromatic carbocycles. The van der Waals surface area contributed by atoms with Gasteiger partial charge in [-0.15, -0.1) is 0 Å². The standard InChI is InChI=1S/C4H8BNO/c1-2-6-4(7)3-5/h2-3H2,1H3,(H,6,7). The first-order valence-electron chi connectivity index (χ1n) is 2.28. The second kappa shape index (κ2) is 3.72. The summed E-state index contributed by atoms with van der Waals surface area (Å²) in [5.41, 5.74) is 0. The van der Waals surface area contributed by atoms with Gasteiger partial charge in [0.2, 0.25) is 5.91 Å². The van der Waals surface area contributed by atoms with Crippen LogP contribution in [-0.2, 0) is 4.79 Å². The van der Waals surface area contributed by atoms with Gasteiger partial charge in [-0.1, -0.05) is 0 Å². The molecule has 0 aliphatic heterocycles. The zero-order valence-corrected chi connectivity index (χ0v) is 4.40. The molecule has 3 heteroatoms. The Bertz CT molecular complexity index is 64.7. The number of amides is 1. The molecule has 38 valence electrons. The van der Waals surface area contributed by atoms with Gasteiger partial charge in [0.05, 0.1) is 7.85 Å². The van der Waals surface area contributed by atoms with Gasteiger partial charge in [0.25, 0.3) is 0 Å². The molecule has 2 nitrogen and oxygen atoms in total. The minimum absolute atomic E-state index is 0.0911. The van der Waals surface area contributed by atoms with E-state index in [1.54, 1.807) is 0 Å². The molecule has 0 aliphatic carbocycles. The molecule has 1 N–H and O–H groups in total. The predicted octanol–water partition coefficient (Wildman–Crippen LogP) is -0.291. The number of carbonyl (C=O) groups is 1. The first-order chi connectivity index (χ1) is 3.31. The maximum Gasteiger partial charge on any atom is 0.211 e. The molecule has 2 radical (unpaired) electrons. The Labute approximate surface area is 44.7 Å². The van der Waals surface area contributed by atoms with Gasteiger partial charge in [0.15, 0.2) is 0 Å². The Balaban J connectivity index is 3.00. The lowest BCUT2D eigenvalue weighted by Crippen LogP contribution is -2.21. The molecule has 7 heavy (non-hydrogen) atoms. The van der Waals surface area contributed by atoms with Crippen LogP contribution in [0.5, 0.6) is 0 Å². The molecule has 0 atom stereocenters. The van der Waals surface area contributed by atoms with Gasteiger partial charge in [-0.2, -0.15) is 0 Å². The first kappa shape index (κ1) is 6.53. The lowest BCUT2D eigenvalue weighted by atomic mass is 10.1. The van der Waals surface area contributed by atoms with E-state index in [2.05, 4.69) is 5.32 Å². The van der Waals surface area contributed by atoms with Crippen molar-refractivity contribution in [1.29, 1.82) is 0 Å². The molecule has 0 aromatic rings. The molecular weight excluding hydrogens is 88.9 g/mol. The van der Waals surface area contributed by atoms with Crippen LogP contribution in [0.2, 0.25) is 6.32 Å². The maximum absolute atomic E-state index is 10.2. The van der Waals surface area contributed by atoms with Crippen LogP contribution in [0, 0.1) is 0 Å². The van der Waals surface area contributed by atoms with Crippen LogP contribution < -0.4 is 5.32 Å². The highest BCUT2D eigenvalue weighted by Gasteiger charge is 1.88. The Kier molecular flexibility index (Phi) is 3.47. The van der Waals surface area contributed by atoms with Gasteiger partial charge in [-0.25, -0.2) is 0 Å². The highest BCUT2D eigenvalue weighted by Crippen LogP contribution is 1.67. The summed E-state index contributed by atoms with van der Waals surface area (Å²) in [7, 11) is 4.95. The Hall–Kier alpha value is -0.465.